The zero-order valence-corrected chi connectivity index (χ0v) is 19.8. The lowest BCUT2D eigenvalue weighted by atomic mass is 10.2. The average molecular weight is 516 g/mol. The number of thioether (sulfide) groups is 1. The van der Waals surface area contributed by atoms with Crippen molar-refractivity contribution in [3.8, 4) is 22.9 Å². The fourth-order valence-electron chi connectivity index (χ4n) is 2.98. The van der Waals surface area contributed by atoms with Gasteiger partial charge in [0.1, 0.15) is 4.90 Å². The quantitative estimate of drug-likeness (QED) is 0.142. The molecular weight excluding hydrogens is 498 g/mol. The predicted molar refractivity (Wildman–Crippen MR) is 130 cm³/mol. The SMILES string of the molecule is N/C(=N\S(=O)(=O)c1cc(-c2nnc(-c3ccccc3)o2)c(Cl)cc1SCc1ccccc1)NO. The Balaban J connectivity index is 1.78. The van der Waals surface area contributed by atoms with Crippen molar-refractivity contribution in [1.82, 2.24) is 15.7 Å². The number of halogens is 1. The van der Waals surface area contributed by atoms with E-state index in [9.17, 15) is 8.42 Å². The monoisotopic (exact) mass is 515 g/mol. The minimum absolute atomic E-state index is 0.0390. The summed E-state index contributed by atoms with van der Waals surface area (Å²) in [5.41, 5.74) is 8.82. The number of nitrogens with one attached hydrogen (secondary N) is 1. The summed E-state index contributed by atoms with van der Waals surface area (Å²) in [5, 5.41) is 17.2. The highest BCUT2D eigenvalue weighted by Gasteiger charge is 2.24. The summed E-state index contributed by atoms with van der Waals surface area (Å²) in [4.78, 5) is 0.167. The van der Waals surface area contributed by atoms with E-state index < -0.39 is 16.0 Å². The lowest BCUT2D eigenvalue weighted by Crippen LogP contribution is -2.29. The minimum Gasteiger partial charge on any atom is -0.416 e. The maximum atomic E-state index is 13.0. The van der Waals surface area contributed by atoms with Crippen LogP contribution in [0.2, 0.25) is 5.02 Å². The first-order valence-corrected chi connectivity index (χ1v) is 12.6. The third kappa shape index (κ3) is 5.39. The third-order valence-corrected chi connectivity index (χ3v) is 7.46. The lowest BCUT2D eigenvalue weighted by Gasteiger charge is -2.11. The number of nitrogens with zero attached hydrogens (tertiary/aromatic N) is 3. The Morgan fingerprint density at radius 1 is 1.06 bits per heavy atom. The number of nitrogens with two attached hydrogens (primary N) is 1. The zero-order valence-electron chi connectivity index (χ0n) is 17.4. The molecule has 0 bridgehead atoms. The molecule has 0 spiro atoms. The molecule has 0 radical (unpaired) electrons. The highest BCUT2D eigenvalue weighted by molar-refractivity contribution is 7.99. The van der Waals surface area contributed by atoms with E-state index in [4.69, 9.17) is 27.0 Å². The Hall–Kier alpha value is -3.38. The molecule has 4 aromatic rings. The summed E-state index contributed by atoms with van der Waals surface area (Å²) in [7, 11) is -4.33. The number of sulfonamides is 1. The molecule has 34 heavy (non-hydrogen) atoms. The van der Waals surface area contributed by atoms with Gasteiger partial charge >= 0.3 is 0 Å². The maximum Gasteiger partial charge on any atom is 0.286 e. The number of aromatic nitrogens is 2. The standard InChI is InChI=1S/C22H18ClN5O4S2/c23-17-12-18(33-13-14-7-3-1-4-8-14)19(34(30,31)28-22(24)27-29)11-16(17)21-26-25-20(32-21)15-9-5-2-6-10-15/h1-12,29H,13H2,(H3,24,27,28). The minimum atomic E-state index is -4.33. The molecule has 12 heteroatoms. The average Bonchev–Trinajstić information content (AvgIpc) is 3.33. The van der Waals surface area contributed by atoms with E-state index >= 15 is 0 Å². The second kappa shape index (κ2) is 10.3. The van der Waals surface area contributed by atoms with Crippen molar-refractivity contribution in [2.75, 3.05) is 0 Å². The number of guanidine groups is 1. The fraction of sp³-hybridized carbons (Fsp3) is 0.0455. The largest absolute Gasteiger partial charge is 0.416 e. The Bertz CT molecular complexity index is 1430. The normalized spacial score (nSPS) is 12.0. The van der Waals surface area contributed by atoms with Crippen molar-refractivity contribution in [2.45, 2.75) is 15.5 Å². The molecule has 1 aromatic heterocycles. The van der Waals surface area contributed by atoms with Gasteiger partial charge in [-0.3, -0.25) is 5.21 Å². The van der Waals surface area contributed by atoms with Gasteiger partial charge in [0, 0.05) is 16.2 Å². The molecule has 0 fully saturated rings. The van der Waals surface area contributed by atoms with E-state index in [1.165, 1.54) is 29.4 Å². The van der Waals surface area contributed by atoms with Crippen LogP contribution in [0, 0.1) is 0 Å². The van der Waals surface area contributed by atoms with E-state index in [1.807, 2.05) is 48.5 Å². The van der Waals surface area contributed by atoms with Crippen LogP contribution in [-0.4, -0.2) is 29.8 Å². The van der Waals surface area contributed by atoms with Gasteiger partial charge in [-0.05, 0) is 29.8 Å². The molecule has 4 N–H and O–H groups in total. The van der Waals surface area contributed by atoms with Crippen molar-refractivity contribution in [1.29, 1.82) is 0 Å². The molecular formula is C22H18ClN5O4S2. The van der Waals surface area contributed by atoms with E-state index in [2.05, 4.69) is 14.6 Å². The molecule has 1 heterocycles. The van der Waals surface area contributed by atoms with Gasteiger partial charge in [-0.15, -0.1) is 26.4 Å². The van der Waals surface area contributed by atoms with Gasteiger partial charge in [0.05, 0.1) is 10.6 Å². The van der Waals surface area contributed by atoms with E-state index in [1.54, 1.807) is 12.1 Å². The van der Waals surface area contributed by atoms with Gasteiger partial charge < -0.3 is 10.2 Å². The molecule has 0 saturated carbocycles. The first-order valence-electron chi connectivity index (χ1n) is 9.77. The first kappa shape index (κ1) is 23.8. The smallest absolute Gasteiger partial charge is 0.286 e. The summed E-state index contributed by atoms with van der Waals surface area (Å²) in [6.45, 7) is 0. The lowest BCUT2D eigenvalue weighted by molar-refractivity contribution is 0.233. The van der Waals surface area contributed by atoms with Crippen LogP contribution in [0.3, 0.4) is 0 Å². The van der Waals surface area contributed by atoms with Crippen LogP contribution >= 0.6 is 23.4 Å². The molecule has 0 aliphatic carbocycles. The topological polar surface area (TPSA) is 144 Å². The van der Waals surface area contributed by atoms with Crippen molar-refractivity contribution in [3.05, 3.63) is 83.4 Å². The summed E-state index contributed by atoms with van der Waals surface area (Å²) >= 11 is 7.77. The Kier molecular flexibility index (Phi) is 7.17. The molecule has 0 amide bonds. The second-order valence-corrected chi connectivity index (χ2v) is 9.89. The van der Waals surface area contributed by atoms with Crippen LogP contribution in [0.4, 0.5) is 0 Å². The van der Waals surface area contributed by atoms with Crippen LogP contribution < -0.4 is 11.2 Å². The Morgan fingerprint density at radius 3 is 2.38 bits per heavy atom. The molecule has 0 atom stereocenters. The van der Waals surface area contributed by atoms with Gasteiger partial charge in [-0.25, -0.2) is 5.48 Å². The van der Waals surface area contributed by atoms with Crippen molar-refractivity contribution >= 4 is 39.3 Å². The molecule has 174 valence electrons. The fourth-order valence-corrected chi connectivity index (χ4v) is 5.67. The molecule has 0 saturated heterocycles. The van der Waals surface area contributed by atoms with Crippen molar-refractivity contribution in [3.63, 3.8) is 0 Å². The molecule has 4 rings (SSSR count). The molecule has 3 aromatic carbocycles. The third-order valence-electron chi connectivity index (χ3n) is 4.56. The van der Waals surface area contributed by atoms with Gasteiger partial charge in [0.2, 0.25) is 17.7 Å². The highest BCUT2D eigenvalue weighted by atomic mass is 35.5. The number of hydrogen-bond donors (Lipinski definition) is 3. The number of hydroxylamine groups is 1. The maximum absolute atomic E-state index is 13.0. The van der Waals surface area contributed by atoms with Crippen molar-refractivity contribution < 1.29 is 18.0 Å². The first-order chi connectivity index (χ1) is 16.4. The summed E-state index contributed by atoms with van der Waals surface area (Å²) < 4.78 is 35.2. The number of benzene rings is 3. The van der Waals surface area contributed by atoms with E-state index in [0.717, 1.165) is 5.56 Å². The van der Waals surface area contributed by atoms with Gasteiger partial charge in [0.25, 0.3) is 10.0 Å². The van der Waals surface area contributed by atoms with Gasteiger partial charge in [-0.1, -0.05) is 60.1 Å². The number of rotatable bonds is 7. The summed E-state index contributed by atoms with van der Waals surface area (Å²) in [6, 6.07) is 21.4. The molecule has 9 nitrogen and oxygen atoms in total. The molecule has 0 aliphatic heterocycles. The van der Waals surface area contributed by atoms with Gasteiger partial charge in [0.15, 0.2) is 0 Å². The van der Waals surface area contributed by atoms with Crippen LogP contribution in [0.25, 0.3) is 22.9 Å². The summed E-state index contributed by atoms with van der Waals surface area (Å²) in [6.07, 6.45) is 0. The Morgan fingerprint density at radius 2 is 1.71 bits per heavy atom. The predicted octanol–water partition coefficient (Wildman–Crippen LogP) is 4.33. The van der Waals surface area contributed by atoms with Crippen molar-refractivity contribution in [2.24, 2.45) is 10.1 Å². The zero-order chi connectivity index (χ0) is 24.1. The highest BCUT2D eigenvalue weighted by Crippen LogP contribution is 2.39. The second-order valence-electron chi connectivity index (χ2n) is 6.89. The van der Waals surface area contributed by atoms with E-state index in [0.29, 0.717) is 16.2 Å². The van der Waals surface area contributed by atoms with Crippen LogP contribution in [0.1, 0.15) is 5.56 Å². The summed E-state index contributed by atoms with van der Waals surface area (Å²) in [5.74, 6) is 0.0945. The van der Waals surface area contributed by atoms with Crippen LogP contribution in [-0.2, 0) is 15.8 Å². The Labute approximate surface area is 204 Å². The molecule has 0 aliphatic rings. The van der Waals surface area contributed by atoms with Crippen LogP contribution in [0.5, 0.6) is 0 Å². The van der Waals surface area contributed by atoms with Gasteiger partial charge in [-0.2, -0.15) is 8.42 Å². The molecule has 0 unspecified atom stereocenters. The van der Waals surface area contributed by atoms with Crippen LogP contribution in [0.15, 0.2) is 91.4 Å². The van der Waals surface area contributed by atoms with E-state index in [-0.39, 0.29) is 27.3 Å². The number of hydrogen-bond acceptors (Lipinski definition) is 7.